The lowest BCUT2D eigenvalue weighted by atomic mass is 10.1. The van der Waals surface area contributed by atoms with Gasteiger partial charge in [0.25, 0.3) is 0 Å². The molecule has 1 rings (SSSR count). The third-order valence-corrected chi connectivity index (χ3v) is 2.69. The van der Waals surface area contributed by atoms with Crippen LogP contribution in [0.2, 0.25) is 0 Å². The number of nitrogens with one attached hydrogen (secondary N) is 2. The third kappa shape index (κ3) is 5.28. The quantitative estimate of drug-likeness (QED) is 0.716. The van der Waals surface area contributed by atoms with Crippen molar-refractivity contribution in [2.45, 2.75) is 53.0 Å². The zero-order chi connectivity index (χ0) is 14.1. The highest BCUT2D eigenvalue weighted by atomic mass is 16.5. The first-order valence-electron chi connectivity index (χ1n) is 7.12. The molecular weight excluding hydrogens is 242 g/mol. The van der Waals surface area contributed by atoms with Crippen molar-refractivity contribution >= 4 is 11.9 Å². The van der Waals surface area contributed by atoms with E-state index in [1.807, 2.05) is 13.8 Å². The molecule has 108 valence electrons. The van der Waals surface area contributed by atoms with E-state index in [4.69, 9.17) is 4.74 Å². The van der Waals surface area contributed by atoms with Crippen LogP contribution in [0.15, 0.2) is 0 Å². The first kappa shape index (κ1) is 15.5. The highest BCUT2D eigenvalue weighted by Gasteiger charge is 2.10. The van der Waals surface area contributed by atoms with Crippen molar-refractivity contribution in [2.24, 2.45) is 0 Å². The van der Waals surface area contributed by atoms with Crippen molar-refractivity contribution in [3.05, 3.63) is 0 Å². The third-order valence-electron chi connectivity index (χ3n) is 2.69. The Morgan fingerprint density at radius 1 is 1.05 bits per heavy atom. The van der Waals surface area contributed by atoms with Crippen molar-refractivity contribution < 1.29 is 4.74 Å². The van der Waals surface area contributed by atoms with Gasteiger partial charge in [0.15, 0.2) is 0 Å². The van der Waals surface area contributed by atoms with Gasteiger partial charge >= 0.3 is 6.01 Å². The van der Waals surface area contributed by atoms with Gasteiger partial charge < -0.3 is 15.4 Å². The maximum atomic E-state index is 5.37. The number of hydrogen-bond acceptors (Lipinski definition) is 6. The van der Waals surface area contributed by atoms with Gasteiger partial charge in [-0.05, 0) is 26.7 Å². The maximum Gasteiger partial charge on any atom is 0.323 e. The van der Waals surface area contributed by atoms with Crippen LogP contribution in [-0.2, 0) is 0 Å². The summed E-state index contributed by atoms with van der Waals surface area (Å²) >= 11 is 0. The molecule has 2 N–H and O–H groups in total. The van der Waals surface area contributed by atoms with Crippen LogP contribution in [0.5, 0.6) is 6.01 Å². The van der Waals surface area contributed by atoms with Gasteiger partial charge in [-0.2, -0.15) is 15.0 Å². The number of anilines is 2. The number of aromatic nitrogens is 3. The van der Waals surface area contributed by atoms with Gasteiger partial charge in [0.2, 0.25) is 11.9 Å². The van der Waals surface area contributed by atoms with Crippen LogP contribution in [0.25, 0.3) is 0 Å². The van der Waals surface area contributed by atoms with Crippen LogP contribution in [-0.4, -0.2) is 34.1 Å². The fourth-order valence-electron chi connectivity index (χ4n) is 1.76. The minimum Gasteiger partial charge on any atom is -0.464 e. The minimum atomic E-state index is 0.363. The van der Waals surface area contributed by atoms with E-state index in [2.05, 4.69) is 39.4 Å². The average molecular weight is 267 g/mol. The molecule has 0 amide bonds. The van der Waals surface area contributed by atoms with Crippen molar-refractivity contribution in [1.82, 2.24) is 15.0 Å². The Balaban J connectivity index is 2.84. The topological polar surface area (TPSA) is 72.0 Å². The predicted octanol–water partition coefficient (Wildman–Crippen LogP) is 2.69. The van der Waals surface area contributed by atoms with Crippen LogP contribution in [0.4, 0.5) is 11.9 Å². The zero-order valence-corrected chi connectivity index (χ0v) is 12.4. The number of hydrogen-bond donors (Lipinski definition) is 2. The van der Waals surface area contributed by atoms with E-state index in [1.54, 1.807) is 0 Å². The molecule has 19 heavy (non-hydrogen) atoms. The van der Waals surface area contributed by atoms with E-state index in [1.165, 1.54) is 0 Å². The van der Waals surface area contributed by atoms with Crippen molar-refractivity contribution in [3.8, 4) is 6.01 Å². The molecule has 0 spiro atoms. The molecule has 0 fully saturated rings. The molecule has 0 aliphatic carbocycles. The molecule has 0 aliphatic rings. The molecule has 1 unspecified atom stereocenters. The first-order chi connectivity index (χ1) is 9.23. The van der Waals surface area contributed by atoms with E-state index in [-0.39, 0.29) is 0 Å². The molecule has 0 saturated carbocycles. The Bertz CT molecular complexity index is 348. The number of ether oxygens (including phenoxy) is 1. The second kappa shape index (κ2) is 8.50. The summed E-state index contributed by atoms with van der Waals surface area (Å²) in [5, 5.41) is 6.43. The lowest BCUT2D eigenvalue weighted by Crippen LogP contribution is -2.20. The van der Waals surface area contributed by atoms with Gasteiger partial charge in [-0.3, -0.25) is 0 Å². The Hall–Kier alpha value is -1.59. The van der Waals surface area contributed by atoms with Gasteiger partial charge in [-0.1, -0.05) is 20.3 Å². The lowest BCUT2D eigenvalue weighted by molar-refractivity contribution is 0.312. The fourth-order valence-corrected chi connectivity index (χ4v) is 1.76. The van der Waals surface area contributed by atoms with Gasteiger partial charge in [0.05, 0.1) is 6.61 Å². The molecule has 1 heterocycles. The summed E-state index contributed by atoms with van der Waals surface area (Å²) in [6, 6.07) is 0.749. The second-order valence-corrected chi connectivity index (χ2v) is 4.27. The average Bonchev–Trinajstić information content (AvgIpc) is 2.39. The summed E-state index contributed by atoms with van der Waals surface area (Å²) < 4.78 is 5.37. The van der Waals surface area contributed by atoms with Gasteiger partial charge in [0, 0.05) is 12.6 Å². The summed E-state index contributed by atoms with van der Waals surface area (Å²) in [6.45, 7) is 9.55. The Morgan fingerprint density at radius 2 is 1.79 bits per heavy atom. The molecule has 0 aliphatic heterocycles. The molecule has 1 atom stereocenters. The van der Waals surface area contributed by atoms with E-state index in [0.29, 0.717) is 30.6 Å². The first-order valence-corrected chi connectivity index (χ1v) is 7.12. The van der Waals surface area contributed by atoms with Crippen LogP contribution in [0, 0.1) is 0 Å². The van der Waals surface area contributed by atoms with Crippen LogP contribution in [0.3, 0.4) is 0 Å². The monoisotopic (exact) mass is 267 g/mol. The largest absolute Gasteiger partial charge is 0.464 e. The second-order valence-electron chi connectivity index (χ2n) is 4.27. The van der Waals surface area contributed by atoms with E-state index in [0.717, 1.165) is 25.8 Å². The van der Waals surface area contributed by atoms with Gasteiger partial charge in [-0.25, -0.2) is 0 Å². The molecule has 6 nitrogen and oxygen atoms in total. The Morgan fingerprint density at radius 3 is 2.37 bits per heavy atom. The molecule has 1 aromatic heterocycles. The van der Waals surface area contributed by atoms with Crippen molar-refractivity contribution in [2.75, 3.05) is 23.8 Å². The maximum absolute atomic E-state index is 5.37. The summed E-state index contributed by atoms with van der Waals surface area (Å²) in [5.41, 5.74) is 0. The predicted molar refractivity (Wildman–Crippen MR) is 77.8 cm³/mol. The smallest absolute Gasteiger partial charge is 0.323 e. The van der Waals surface area contributed by atoms with E-state index < -0.39 is 0 Å². The Labute approximate surface area is 115 Å². The van der Waals surface area contributed by atoms with Crippen molar-refractivity contribution in [3.63, 3.8) is 0 Å². The fraction of sp³-hybridized carbons (Fsp3) is 0.769. The molecular formula is C13H25N5O. The highest BCUT2D eigenvalue weighted by molar-refractivity contribution is 5.36. The summed E-state index contributed by atoms with van der Waals surface area (Å²) in [5.74, 6) is 1.13. The van der Waals surface area contributed by atoms with Crippen LogP contribution < -0.4 is 15.4 Å². The normalized spacial score (nSPS) is 12.0. The number of rotatable bonds is 9. The minimum absolute atomic E-state index is 0.363. The molecule has 0 bridgehead atoms. The lowest BCUT2D eigenvalue weighted by Gasteiger charge is -2.16. The van der Waals surface area contributed by atoms with E-state index >= 15 is 0 Å². The highest BCUT2D eigenvalue weighted by Crippen LogP contribution is 2.14. The van der Waals surface area contributed by atoms with Crippen LogP contribution in [0.1, 0.15) is 47.0 Å². The summed E-state index contributed by atoms with van der Waals surface area (Å²) in [7, 11) is 0. The summed E-state index contributed by atoms with van der Waals surface area (Å²) in [4.78, 5) is 12.8. The molecule has 0 aromatic carbocycles. The zero-order valence-electron chi connectivity index (χ0n) is 12.4. The standard InChI is InChI=1S/C13H25N5O/c1-5-9-10(6-2)15-12-16-11(14-7-3)17-13(18-12)19-8-4/h10H,5-9H2,1-4H3,(H2,14,15,16,17,18). The molecule has 0 saturated heterocycles. The number of nitrogens with zero attached hydrogens (tertiary/aromatic N) is 3. The molecule has 6 heteroatoms. The van der Waals surface area contributed by atoms with Crippen LogP contribution >= 0.6 is 0 Å². The van der Waals surface area contributed by atoms with E-state index in [9.17, 15) is 0 Å². The van der Waals surface area contributed by atoms with Gasteiger partial charge in [0.1, 0.15) is 0 Å². The van der Waals surface area contributed by atoms with Gasteiger partial charge in [-0.15, -0.1) is 0 Å². The molecule has 1 aromatic rings. The molecule has 0 radical (unpaired) electrons. The van der Waals surface area contributed by atoms with Crippen molar-refractivity contribution in [1.29, 1.82) is 0 Å². The SMILES string of the molecule is CCCC(CC)Nc1nc(NCC)nc(OCC)n1. The Kier molecular flexibility index (Phi) is 6.92. The summed E-state index contributed by atoms with van der Waals surface area (Å²) in [6.07, 6.45) is 3.28.